The average molecular weight is 244 g/mol. The Balaban J connectivity index is 2.36. The number of hydrogen-bond donors (Lipinski definition) is 2. The monoisotopic (exact) mass is 244 g/mol. The molecule has 0 spiro atoms. The van der Waals surface area contributed by atoms with Gasteiger partial charge in [0, 0.05) is 17.9 Å². The Morgan fingerprint density at radius 1 is 1.22 bits per heavy atom. The van der Waals surface area contributed by atoms with Gasteiger partial charge in [0.2, 0.25) is 0 Å². The van der Waals surface area contributed by atoms with Crippen molar-refractivity contribution in [1.29, 1.82) is 0 Å². The molecule has 0 amide bonds. The molecule has 2 aromatic rings. The maximum Gasteiger partial charge on any atom is 0.121 e. The summed E-state index contributed by atoms with van der Waals surface area (Å²) < 4.78 is 5.28. The van der Waals surface area contributed by atoms with Crippen molar-refractivity contribution >= 4 is 0 Å². The van der Waals surface area contributed by atoms with E-state index in [0.717, 1.165) is 23.6 Å². The lowest BCUT2D eigenvalue weighted by atomic mass is 10.1. The molecule has 18 heavy (non-hydrogen) atoms. The summed E-state index contributed by atoms with van der Waals surface area (Å²) in [6.45, 7) is 5.05. The van der Waals surface area contributed by atoms with Crippen molar-refractivity contribution in [2.45, 2.75) is 20.4 Å². The van der Waals surface area contributed by atoms with Crippen LogP contribution in [0, 0.1) is 13.8 Å². The van der Waals surface area contributed by atoms with Crippen LogP contribution in [-0.2, 0) is 6.54 Å². The summed E-state index contributed by atoms with van der Waals surface area (Å²) in [6.07, 6.45) is 0. The van der Waals surface area contributed by atoms with Crippen LogP contribution in [0.1, 0.15) is 16.8 Å². The Hall–Kier alpha value is -1.74. The van der Waals surface area contributed by atoms with E-state index < -0.39 is 0 Å². The Morgan fingerprint density at radius 3 is 2.61 bits per heavy atom. The molecule has 0 saturated carbocycles. The molecule has 0 bridgehead atoms. The Bertz CT molecular complexity index is 543. The number of aromatic amines is 1. The minimum Gasteiger partial charge on any atom is -0.496 e. The van der Waals surface area contributed by atoms with E-state index in [4.69, 9.17) is 4.74 Å². The highest BCUT2D eigenvalue weighted by Gasteiger charge is 2.07. The quantitative estimate of drug-likeness (QED) is 0.867. The third kappa shape index (κ3) is 2.41. The van der Waals surface area contributed by atoms with Crippen LogP contribution in [0.4, 0.5) is 0 Å². The summed E-state index contributed by atoms with van der Waals surface area (Å²) in [6, 6.07) is 8.44. The van der Waals surface area contributed by atoms with Gasteiger partial charge in [-0.1, -0.05) is 0 Å². The first-order valence-electron chi connectivity index (χ1n) is 6.13. The zero-order valence-corrected chi connectivity index (χ0v) is 11.4. The predicted octanol–water partition coefficient (Wildman–Crippen LogP) is 3.03. The summed E-state index contributed by atoms with van der Waals surface area (Å²) >= 11 is 0. The van der Waals surface area contributed by atoms with Crippen LogP contribution in [0.3, 0.4) is 0 Å². The van der Waals surface area contributed by atoms with Crippen molar-refractivity contribution in [3.05, 3.63) is 41.1 Å². The van der Waals surface area contributed by atoms with E-state index in [9.17, 15) is 0 Å². The molecule has 3 heteroatoms. The van der Waals surface area contributed by atoms with Crippen LogP contribution in [0.15, 0.2) is 24.3 Å². The molecule has 0 radical (unpaired) electrons. The Labute approximate surface area is 108 Å². The first-order valence-corrected chi connectivity index (χ1v) is 6.13. The fraction of sp³-hybridized carbons (Fsp3) is 0.333. The second kappa shape index (κ2) is 5.27. The van der Waals surface area contributed by atoms with Gasteiger partial charge in [0.05, 0.1) is 7.11 Å². The number of methoxy groups -OCH3 is 1. The standard InChI is InChI=1S/C15H20N2O/c1-10-7-12(5-6-15(10)18-4)14-8-13(9-16-3)11(2)17-14/h5-8,16-17H,9H2,1-4H3. The van der Waals surface area contributed by atoms with Crippen molar-refractivity contribution in [3.8, 4) is 17.0 Å². The van der Waals surface area contributed by atoms with Crippen LogP contribution in [0.2, 0.25) is 0 Å². The number of benzene rings is 1. The Morgan fingerprint density at radius 2 is 2.00 bits per heavy atom. The summed E-state index contributed by atoms with van der Waals surface area (Å²) in [4.78, 5) is 3.43. The number of ether oxygens (including phenoxy) is 1. The number of aromatic nitrogens is 1. The van der Waals surface area contributed by atoms with Crippen molar-refractivity contribution < 1.29 is 4.74 Å². The largest absolute Gasteiger partial charge is 0.496 e. The van der Waals surface area contributed by atoms with Crippen LogP contribution in [-0.4, -0.2) is 19.1 Å². The molecular formula is C15H20N2O. The number of aryl methyl sites for hydroxylation is 2. The van der Waals surface area contributed by atoms with Gasteiger partial charge in [-0.3, -0.25) is 0 Å². The van der Waals surface area contributed by atoms with Gasteiger partial charge in [0.1, 0.15) is 5.75 Å². The number of hydrogen-bond acceptors (Lipinski definition) is 2. The molecule has 0 aliphatic rings. The predicted molar refractivity (Wildman–Crippen MR) is 75.0 cm³/mol. The van der Waals surface area contributed by atoms with E-state index in [1.807, 2.05) is 13.1 Å². The highest BCUT2D eigenvalue weighted by Crippen LogP contribution is 2.26. The molecule has 2 rings (SSSR count). The van der Waals surface area contributed by atoms with Crippen LogP contribution >= 0.6 is 0 Å². The average Bonchev–Trinajstić information content (AvgIpc) is 2.71. The lowest BCUT2D eigenvalue weighted by molar-refractivity contribution is 0.412. The molecule has 0 fully saturated rings. The van der Waals surface area contributed by atoms with Gasteiger partial charge in [-0.25, -0.2) is 0 Å². The van der Waals surface area contributed by atoms with Crippen molar-refractivity contribution in [3.63, 3.8) is 0 Å². The Kier molecular flexibility index (Phi) is 3.72. The third-order valence-corrected chi connectivity index (χ3v) is 3.20. The fourth-order valence-electron chi connectivity index (χ4n) is 2.18. The molecule has 1 heterocycles. The molecule has 2 N–H and O–H groups in total. The maximum atomic E-state index is 5.28. The molecule has 0 aliphatic carbocycles. The van der Waals surface area contributed by atoms with Gasteiger partial charge < -0.3 is 15.0 Å². The summed E-state index contributed by atoms with van der Waals surface area (Å²) in [5.41, 5.74) is 6.02. The van der Waals surface area contributed by atoms with E-state index in [2.05, 4.69) is 42.3 Å². The lowest BCUT2D eigenvalue weighted by Gasteiger charge is -2.06. The van der Waals surface area contributed by atoms with Gasteiger partial charge in [-0.15, -0.1) is 0 Å². The molecule has 0 aliphatic heterocycles. The highest BCUT2D eigenvalue weighted by atomic mass is 16.5. The fourth-order valence-corrected chi connectivity index (χ4v) is 2.18. The second-order valence-electron chi connectivity index (χ2n) is 4.55. The molecule has 1 aromatic carbocycles. The number of nitrogens with one attached hydrogen (secondary N) is 2. The van der Waals surface area contributed by atoms with E-state index in [1.165, 1.54) is 16.8 Å². The van der Waals surface area contributed by atoms with E-state index in [0.29, 0.717) is 0 Å². The van der Waals surface area contributed by atoms with Crippen molar-refractivity contribution in [2.75, 3.05) is 14.2 Å². The smallest absolute Gasteiger partial charge is 0.121 e. The zero-order chi connectivity index (χ0) is 13.1. The van der Waals surface area contributed by atoms with Crippen molar-refractivity contribution in [1.82, 2.24) is 10.3 Å². The number of H-pyrrole nitrogens is 1. The second-order valence-corrected chi connectivity index (χ2v) is 4.55. The van der Waals surface area contributed by atoms with E-state index in [-0.39, 0.29) is 0 Å². The molecule has 96 valence electrons. The topological polar surface area (TPSA) is 37.0 Å². The van der Waals surface area contributed by atoms with Gasteiger partial charge >= 0.3 is 0 Å². The van der Waals surface area contributed by atoms with E-state index in [1.54, 1.807) is 7.11 Å². The van der Waals surface area contributed by atoms with Crippen LogP contribution in [0.5, 0.6) is 5.75 Å². The molecule has 0 atom stereocenters. The van der Waals surface area contributed by atoms with Gasteiger partial charge in [-0.2, -0.15) is 0 Å². The van der Waals surface area contributed by atoms with Crippen LogP contribution < -0.4 is 10.1 Å². The minimum atomic E-state index is 0.886. The first kappa shape index (κ1) is 12.7. The van der Waals surface area contributed by atoms with Gasteiger partial charge in [0.25, 0.3) is 0 Å². The highest BCUT2D eigenvalue weighted by molar-refractivity contribution is 5.64. The van der Waals surface area contributed by atoms with Gasteiger partial charge in [0.15, 0.2) is 0 Å². The summed E-state index contributed by atoms with van der Waals surface area (Å²) in [7, 11) is 3.66. The minimum absolute atomic E-state index is 0.886. The third-order valence-electron chi connectivity index (χ3n) is 3.20. The number of rotatable bonds is 4. The maximum absolute atomic E-state index is 5.28. The normalized spacial score (nSPS) is 10.7. The SMILES string of the molecule is CNCc1cc(-c2ccc(OC)c(C)c2)[nH]c1C. The zero-order valence-electron chi connectivity index (χ0n) is 11.4. The molecule has 1 aromatic heterocycles. The summed E-state index contributed by atoms with van der Waals surface area (Å²) in [5, 5.41) is 3.18. The summed E-state index contributed by atoms with van der Waals surface area (Å²) in [5.74, 6) is 0.928. The molecule has 0 unspecified atom stereocenters. The van der Waals surface area contributed by atoms with Gasteiger partial charge in [-0.05, 0) is 61.9 Å². The lowest BCUT2D eigenvalue weighted by Crippen LogP contribution is -2.04. The molecular weight excluding hydrogens is 224 g/mol. The first-order chi connectivity index (χ1) is 8.65. The molecule has 3 nitrogen and oxygen atoms in total. The van der Waals surface area contributed by atoms with Crippen LogP contribution in [0.25, 0.3) is 11.3 Å². The van der Waals surface area contributed by atoms with E-state index >= 15 is 0 Å². The van der Waals surface area contributed by atoms with Crippen molar-refractivity contribution in [2.24, 2.45) is 0 Å². The molecule has 0 saturated heterocycles.